The molecule has 1 unspecified atom stereocenters. The lowest BCUT2D eigenvalue weighted by Gasteiger charge is -2.19. The molecular weight excluding hydrogens is 236 g/mol. The van der Waals surface area contributed by atoms with E-state index in [1.54, 1.807) is 0 Å². The van der Waals surface area contributed by atoms with Gasteiger partial charge >= 0.3 is 0 Å². The molecular formula is C14H19F2NO. The predicted molar refractivity (Wildman–Crippen MR) is 67.0 cm³/mol. The van der Waals surface area contributed by atoms with E-state index in [1.165, 1.54) is 6.07 Å². The maximum atomic E-state index is 13.8. The standard InChI is InChI=1S/C14H19F2NO/c1-9(2)14-12(16)6-10(15)7-13(14)18-11-4-5-17(3)8-11/h6-7,9,11H,4-5,8H2,1-3H3. The zero-order chi connectivity index (χ0) is 13.3. The van der Waals surface area contributed by atoms with Gasteiger partial charge in [-0.1, -0.05) is 13.8 Å². The van der Waals surface area contributed by atoms with E-state index in [1.807, 2.05) is 20.9 Å². The van der Waals surface area contributed by atoms with Crippen LogP contribution in [0.15, 0.2) is 12.1 Å². The van der Waals surface area contributed by atoms with Gasteiger partial charge in [-0.05, 0) is 19.4 Å². The highest BCUT2D eigenvalue weighted by atomic mass is 19.1. The lowest BCUT2D eigenvalue weighted by atomic mass is 10.0. The monoisotopic (exact) mass is 255 g/mol. The summed E-state index contributed by atoms with van der Waals surface area (Å²) in [5.41, 5.74) is 0.464. The van der Waals surface area contributed by atoms with E-state index >= 15 is 0 Å². The molecule has 1 aromatic carbocycles. The Hall–Kier alpha value is -1.16. The van der Waals surface area contributed by atoms with Crippen molar-refractivity contribution in [1.82, 2.24) is 4.90 Å². The summed E-state index contributed by atoms with van der Waals surface area (Å²) in [5, 5.41) is 0. The van der Waals surface area contributed by atoms with Crippen molar-refractivity contribution >= 4 is 0 Å². The molecule has 0 bridgehead atoms. The number of hydrogen-bond acceptors (Lipinski definition) is 2. The minimum atomic E-state index is -0.585. The van der Waals surface area contributed by atoms with Crippen LogP contribution >= 0.6 is 0 Å². The first kappa shape index (κ1) is 13.3. The van der Waals surface area contributed by atoms with E-state index in [4.69, 9.17) is 4.74 Å². The molecule has 0 spiro atoms. The minimum absolute atomic E-state index is 0.0219. The highest BCUT2D eigenvalue weighted by Gasteiger charge is 2.24. The highest BCUT2D eigenvalue weighted by Crippen LogP contribution is 2.31. The second-order valence-electron chi connectivity index (χ2n) is 5.24. The fourth-order valence-corrected chi connectivity index (χ4v) is 2.39. The van der Waals surface area contributed by atoms with Gasteiger partial charge in [0.1, 0.15) is 23.5 Å². The van der Waals surface area contributed by atoms with Gasteiger partial charge in [-0.2, -0.15) is 0 Å². The Bertz CT molecular complexity index is 434. The van der Waals surface area contributed by atoms with Crippen molar-refractivity contribution in [3.05, 3.63) is 29.3 Å². The summed E-state index contributed by atoms with van der Waals surface area (Å²) in [7, 11) is 2.01. The zero-order valence-electron chi connectivity index (χ0n) is 11.0. The van der Waals surface area contributed by atoms with Crippen molar-refractivity contribution in [1.29, 1.82) is 0 Å². The van der Waals surface area contributed by atoms with E-state index in [2.05, 4.69) is 4.90 Å². The number of hydrogen-bond donors (Lipinski definition) is 0. The fraction of sp³-hybridized carbons (Fsp3) is 0.571. The molecule has 1 saturated heterocycles. The number of rotatable bonds is 3. The van der Waals surface area contributed by atoms with Crippen LogP contribution in [0.25, 0.3) is 0 Å². The third-order valence-corrected chi connectivity index (χ3v) is 3.28. The quantitative estimate of drug-likeness (QED) is 0.822. The molecule has 0 saturated carbocycles. The number of halogens is 2. The van der Waals surface area contributed by atoms with Crippen molar-refractivity contribution in [3.8, 4) is 5.75 Å². The number of likely N-dealkylation sites (tertiary alicyclic amines) is 1. The molecule has 1 fully saturated rings. The lowest BCUT2D eigenvalue weighted by molar-refractivity contribution is 0.203. The van der Waals surface area contributed by atoms with E-state index in [9.17, 15) is 8.78 Å². The molecule has 1 heterocycles. The third-order valence-electron chi connectivity index (χ3n) is 3.28. The Kier molecular flexibility index (Phi) is 3.85. The van der Waals surface area contributed by atoms with Crippen LogP contribution in [0.3, 0.4) is 0 Å². The maximum absolute atomic E-state index is 13.8. The fourth-order valence-electron chi connectivity index (χ4n) is 2.39. The molecule has 0 aromatic heterocycles. The van der Waals surface area contributed by atoms with Crippen LogP contribution in [0.5, 0.6) is 5.75 Å². The number of ether oxygens (including phenoxy) is 1. The average Bonchev–Trinajstić information content (AvgIpc) is 2.62. The third kappa shape index (κ3) is 2.80. The first-order chi connectivity index (χ1) is 8.47. The van der Waals surface area contributed by atoms with E-state index in [-0.39, 0.29) is 12.0 Å². The summed E-state index contributed by atoms with van der Waals surface area (Å²) in [4.78, 5) is 2.15. The van der Waals surface area contributed by atoms with Gasteiger partial charge in [-0.25, -0.2) is 8.78 Å². The van der Waals surface area contributed by atoms with Gasteiger partial charge in [0.15, 0.2) is 0 Å². The van der Waals surface area contributed by atoms with Crippen LogP contribution in [0.1, 0.15) is 31.7 Å². The molecule has 2 rings (SSSR count). The summed E-state index contributed by atoms with van der Waals surface area (Å²) in [6.45, 7) is 5.52. The Morgan fingerprint density at radius 1 is 1.33 bits per heavy atom. The van der Waals surface area contributed by atoms with Gasteiger partial charge in [0.05, 0.1) is 0 Å². The molecule has 18 heavy (non-hydrogen) atoms. The van der Waals surface area contributed by atoms with Crippen LogP contribution in [-0.4, -0.2) is 31.1 Å². The SMILES string of the molecule is CC(C)c1c(F)cc(F)cc1OC1CCN(C)C1. The molecule has 1 aliphatic heterocycles. The molecule has 0 amide bonds. The van der Waals surface area contributed by atoms with Crippen molar-refractivity contribution in [2.75, 3.05) is 20.1 Å². The molecule has 1 atom stereocenters. The Labute approximate surface area is 107 Å². The van der Waals surface area contributed by atoms with E-state index < -0.39 is 11.6 Å². The van der Waals surface area contributed by atoms with E-state index in [0.717, 1.165) is 25.6 Å². The molecule has 0 N–H and O–H groups in total. The van der Waals surface area contributed by atoms with Gasteiger partial charge in [0, 0.05) is 30.8 Å². The van der Waals surface area contributed by atoms with Gasteiger partial charge in [-0.3, -0.25) is 0 Å². The Morgan fingerprint density at radius 3 is 2.61 bits per heavy atom. The summed E-state index contributed by atoms with van der Waals surface area (Å²) >= 11 is 0. The first-order valence-electron chi connectivity index (χ1n) is 6.31. The van der Waals surface area contributed by atoms with Crippen molar-refractivity contribution in [2.24, 2.45) is 0 Å². The summed E-state index contributed by atoms with van der Waals surface area (Å²) in [6.07, 6.45) is 0.917. The molecule has 100 valence electrons. The normalized spacial score (nSPS) is 20.7. The first-order valence-corrected chi connectivity index (χ1v) is 6.31. The average molecular weight is 255 g/mol. The van der Waals surface area contributed by atoms with Gasteiger partial charge in [0.25, 0.3) is 0 Å². The van der Waals surface area contributed by atoms with Gasteiger partial charge < -0.3 is 9.64 Å². The number of benzene rings is 1. The summed E-state index contributed by atoms with van der Waals surface area (Å²) in [6, 6.07) is 2.21. The lowest BCUT2D eigenvalue weighted by Crippen LogP contribution is -2.22. The summed E-state index contributed by atoms with van der Waals surface area (Å²) < 4.78 is 32.9. The molecule has 0 aliphatic carbocycles. The van der Waals surface area contributed by atoms with Crippen molar-refractivity contribution in [2.45, 2.75) is 32.3 Å². The van der Waals surface area contributed by atoms with E-state index in [0.29, 0.717) is 11.3 Å². The second kappa shape index (κ2) is 5.22. The Morgan fingerprint density at radius 2 is 2.06 bits per heavy atom. The molecule has 1 aromatic rings. The molecule has 2 nitrogen and oxygen atoms in total. The number of likely N-dealkylation sites (N-methyl/N-ethyl adjacent to an activating group) is 1. The summed E-state index contributed by atoms with van der Waals surface area (Å²) in [5.74, 6) is -0.785. The molecule has 1 aliphatic rings. The largest absolute Gasteiger partial charge is 0.489 e. The number of nitrogens with zero attached hydrogens (tertiary/aromatic N) is 1. The van der Waals surface area contributed by atoms with Crippen LogP contribution in [-0.2, 0) is 0 Å². The van der Waals surface area contributed by atoms with Crippen LogP contribution in [0, 0.1) is 11.6 Å². The maximum Gasteiger partial charge on any atom is 0.133 e. The van der Waals surface area contributed by atoms with Crippen LogP contribution in [0.2, 0.25) is 0 Å². The van der Waals surface area contributed by atoms with Crippen LogP contribution in [0.4, 0.5) is 8.78 Å². The second-order valence-corrected chi connectivity index (χ2v) is 5.24. The van der Waals surface area contributed by atoms with Crippen molar-refractivity contribution in [3.63, 3.8) is 0 Å². The van der Waals surface area contributed by atoms with Gasteiger partial charge in [-0.15, -0.1) is 0 Å². The Balaban J connectivity index is 2.25. The zero-order valence-corrected chi connectivity index (χ0v) is 11.0. The minimum Gasteiger partial charge on any atom is -0.489 e. The topological polar surface area (TPSA) is 12.5 Å². The predicted octanol–water partition coefficient (Wildman–Crippen LogP) is 3.17. The van der Waals surface area contributed by atoms with Gasteiger partial charge in [0.2, 0.25) is 0 Å². The molecule has 0 radical (unpaired) electrons. The highest BCUT2D eigenvalue weighted by molar-refractivity contribution is 5.38. The smallest absolute Gasteiger partial charge is 0.133 e. The molecule has 4 heteroatoms. The van der Waals surface area contributed by atoms with Crippen molar-refractivity contribution < 1.29 is 13.5 Å². The van der Waals surface area contributed by atoms with Crippen LogP contribution < -0.4 is 4.74 Å².